The van der Waals surface area contributed by atoms with Crippen molar-refractivity contribution in [2.24, 2.45) is 0 Å². The molecule has 3 aromatic carbocycles. The van der Waals surface area contributed by atoms with Gasteiger partial charge >= 0.3 is 30.9 Å². The highest BCUT2D eigenvalue weighted by molar-refractivity contribution is 6.47. The zero-order valence-electron chi connectivity index (χ0n) is 28.5. The van der Waals surface area contributed by atoms with Gasteiger partial charge in [0, 0.05) is 30.8 Å². The van der Waals surface area contributed by atoms with E-state index in [0.717, 1.165) is 24.0 Å². The molecule has 0 spiro atoms. The van der Waals surface area contributed by atoms with Gasteiger partial charge in [0.1, 0.15) is 29.4 Å². The predicted molar refractivity (Wildman–Crippen MR) is 177 cm³/mol. The van der Waals surface area contributed by atoms with Crippen molar-refractivity contribution >= 4 is 36.8 Å². The highest BCUT2D eigenvalue weighted by Crippen LogP contribution is 2.37. The van der Waals surface area contributed by atoms with Crippen LogP contribution in [0.3, 0.4) is 0 Å². The molecule has 3 atom stereocenters. The summed E-state index contributed by atoms with van der Waals surface area (Å²) in [6.07, 6.45) is -1.77. The molecule has 0 saturated carbocycles. The Morgan fingerprint density at radius 2 is 1.60 bits per heavy atom. The Kier molecular flexibility index (Phi) is 11.7. The van der Waals surface area contributed by atoms with Gasteiger partial charge in [0.05, 0.1) is 5.94 Å². The number of rotatable bonds is 11. The van der Waals surface area contributed by atoms with Crippen LogP contribution in [0.4, 0.5) is 22.4 Å². The fourth-order valence-electron chi connectivity index (χ4n) is 6.00. The van der Waals surface area contributed by atoms with E-state index in [0.29, 0.717) is 23.1 Å². The number of carbonyl (C=O) groups is 5. The molecule has 2 aliphatic heterocycles. The first kappa shape index (κ1) is 40.1. The maximum Gasteiger partial charge on any atom is 0.547 e. The molecule has 0 aromatic heterocycles. The molecule has 5 amide bonds. The van der Waals surface area contributed by atoms with Crippen molar-refractivity contribution in [2.75, 3.05) is 26.2 Å². The van der Waals surface area contributed by atoms with Gasteiger partial charge in [0.15, 0.2) is 34.7 Å². The van der Waals surface area contributed by atoms with E-state index < -0.39 is 119 Å². The second-order valence-electron chi connectivity index (χ2n) is 12.5. The molecule has 17 nitrogen and oxygen atoms in total. The van der Waals surface area contributed by atoms with Crippen LogP contribution in [-0.4, -0.2) is 109 Å². The Bertz CT molecular complexity index is 2050. The number of halogens is 4. The number of phenolic OH excluding ortho intramolecular Hbond substituents is 3. The number of carboxylic acid groups (broad SMARTS) is 1. The standard InChI is InChI=1S/C33H32BF4N5O12/c1-13-16(12-20(38)26(46)24(13)44)23(29(48)40-21-11-14-3-4-17(35)22(32(51)52)27(14)55-34(21)54)41-33(53)43-8-7-42(30(49)31(43)50)6-2-5-39-28(47)15-9-18(36)25(45)19(37)10-15/h3-4,9-10,12,21,23,28,39,44-47,54H,2,5-8,11H2,1H3,(H,40,48)(H,41,53)(H,51,52)/t21-,23?,28?/m0/s1. The fourth-order valence-corrected chi connectivity index (χ4v) is 6.00. The largest absolute Gasteiger partial charge is 0.547 e. The minimum atomic E-state index is -1.97. The Labute approximate surface area is 307 Å². The van der Waals surface area contributed by atoms with E-state index in [-0.39, 0.29) is 49.2 Å². The number of nitrogens with zero attached hydrogens (tertiary/aromatic N) is 2. The summed E-state index contributed by atoms with van der Waals surface area (Å²) in [5, 5.41) is 66.8. The second-order valence-corrected chi connectivity index (χ2v) is 12.5. The smallest absolute Gasteiger partial charge is 0.534 e. The lowest BCUT2D eigenvalue weighted by molar-refractivity contribution is -0.153. The van der Waals surface area contributed by atoms with E-state index >= 15 is 0 Å². The Morgan fingerprint density at radius 3 is 2.25 bits per heavy atom. The van der Waals surface area contributed by atoms with Gasteiger partial charge in [-0.1, -0.05) is 6.07 Å². The molecule has 1 fully saturated rings. The third kappa shape index (κ3) is 8.20. The monoisotopic (exact) mass is 777 g/mol. The second kappa shape index (κ2) is 16.1. The van der Waals surface area contributed by atoms with Crippen molar-refractivity contribution in [2.45, 2.75) is 38.0 Å². The third-order valence-electron chi connectivity index (χ3n) is 8.97. The summed E-state index contributed by atoms with van der Waals surface area (Å²) < 4.78 is 61.3. The summed E-state index contributed by atoms with van der Waals surface area (Å²) in [6, 6.07) is 0.742. The van der Waals surface area contributed by atoms with Crippen molar-refractivity contribution in [1.82, 2.24) is 25.8 Å². The number of carboxylic acids is 1. The average molecular weight is 777 g/mol. The number of aromatic hydroxyl groups is 3. The molecule has 22 heteroatoms. The molecule has 55 heavy (non-hydrogen) atoms. The van der Waals surface area contributed by atoms with Crippen LogP contribution in [0.15, 0.2) is 30.3 Å². The molecule has 2 aliphatic rings. The van der Waals surface area contributed by atoms with Gasteiger partial charge in [-0.25, -0.2) is 27.2 Å². The number of nitrogens with one attached hydrogen (secondary N) is 3. The molecule has 2 heterocycles. The van der Waals surface area contributed by atoms with Gasteiger partial charge in [0.2, 0.25) is 5.91 Å². The molecule has 2 unspecified atom stereocenters. The Morgan fingerprint density at radius 1 is 0.945 bits per heavy atom. The van der Waals surface area contributed by atoms with E-state index in [1.165, 1.54) is 0 Å². The molecule has 0 radical (unpaired) electrons. The first-order chi connectivity index (χ1) is 25.9. The summed E-state index contributed by atoms with van der Waals surface area (Å²) >= 11 is 0. The van der Waals surface area contributed by atoms with Gasteiger partial charge in [-0.2, -0.15) is 0 Å². The minimum absolute atomic E-state index is 0.0243. The van der Waals surface area contributed by atoms with Gasteiger partial charge in [-0.05, 0) is 61.7 Å². The number of carbonyl (C=O) groups excluding carboxylic acids is 4. The highest BCUT2D eigenvalue weighted by Gasteiger charge is 2.42. The number of phenols is 3. The first-order valence-electron chi connectivity index (χ1n) is 16.3. The van der Waals surface area contributed by atoms with Crippen LogP contribution in [-0.2, 0) is 20.8 Å². The van der Waals surface area contributed by atoms with E-state index in [9.17, 15) is 72.1 Å². The summed E-state index contributed by atoms with van der Waals surface area (Å²) in [7, 11) is -1.97. The topological polar surface area (TPSA) is 259 Å². The lowest BCUT2D eigenvalue weighted by Gasteiger charge is -2.34. The van der Waals surface area contributed by atoms with E-state index in [2.05, 4.69) is 16.0 Å². The van der Waals surface area contributed by atoms with Gasteiger partial charge < -0.3 is 50.7 Å². The highest BCUT2D eigenvalue weighted by atomic mass is 19.1. The zero-order valence-corrected chi connectivity index (χ0v) is 28.5. The van der Waals surface area contributed by atoms with E-state index in [1.54, 1.807) is 0 Å². The number of piperazine rings is 1. The summed E-state index contributed by atoms with van der Waals surface area (Å²) in [5.41, 5.74) is -1.75. The molecular formula is C33H32BF4N5O12. The number of aliphatic hydroxyl groups is 1. The maximum absolute atomic E-state index is 14.7. The Hall–Kier alpha value is -6.13. The number of aliphatic hydroxyl groups excluding tert-OH is 1. The first-order valence-corrected chi connectivity index (χ1v) is 16.3. The number of benzene rings is 3. The van der Waals surface area contributed by atoms with Crippen molar-refractivity contribution in [1.29, 1.82) is 0 Å². The average Bonchev–Trinajstić information content (AvgIpc) is 3.13. The molecule has 3 aromatic rings. The SMILES string of the molecule is Cc1c(C(NC(=O)N2CCN(CCCNC(O)c3cc(F)c(O)c(F)c3)C(=O)C2=O)C(=O)N[C@H]2Cc3ccc(F)c(C(=O)O)c3OB2O)cc(F)c(O)c1O. The van der Waals surface area contributed by atoms with Crippen molar-refractivity contribution in [3.8, 4) is 23.0 Å². The van der Waals surface area contributed by atoms with Gasteiger partial charge in [-0.15, -0.1) is 0 Å². The number of amides is 5. The maximum atomic E-state index is 14.7. The van der Waals surface area contributed by atoms with Crippen LogP contribution in [0.2, 0.25) is 0 Å². The van der Waals surface area contributed by atoms with Crippen LogP contribution >= 0.6 is 0 Å². The quantitative estimate of drug-likeness (QED) is 0.0323. The molecule has 292 valence electrons. The normalized spacial score (nSPS) is 16.6. The summed E-state index contributed by atoms with van der Waals surface area (Å²) in [5.74, 6) is -15.8. The predicted octanol–water partition coefficient (Wildman–Crippen LogP) is 0.598. The molecule has 5 rings (SSSR count). The summed E-state index contributed by atoms with van der Waals surface area (Å²) in [6.45, 7) is 0.446. The van der Waals surface area contributed by atoms with Crippen molar-refractivity contribution in [3.63, 3.8) is 0 Å². The lowest BCUT2D eigenvalue weighted by Crippen LogP contribution is -2.60. The number of hydrogen-bond donors (Lipinski definition) is 9. The molecule has 9 N–H and O–H groups in total. The number of imide groups is 1. The minimum Gasteiger partial charge on any atom is -0.534 e. The van der Waals surface area contributed by atoms with Crippen LogP contribution in [0.1, 0.15) is 51.3 Å². The van der Waals surface area contributed by atoms with Crippen LogP contribution in [0.25, 0.3) is 0 Å². The van der Waals surface area contributed by atoms with Crippen LogP contribution in [0.5, 0.6) is 23.0 Å². The van der Waals surface area contributed by atoms with E-state index in [4.69, 9.17) is 4.65 Å². The lowest BCUT2D eigenvalue weighted by atomic mass is 9.72. The molecule has 0 bridgehead atoms. The molecule has 0 aliphatic carbocycles. The Balaban J connectivity index is 1.27. The van der Waals surface area contributed by atoms with E-state index in [1.807, 2.05) is 0 Å². The number of aromatic carboxylic acids is 1. The van der Waals surface area contributed by atoms with Gasteiger partial charge in [0.25, 0.3) is 0 Å². The number of fused-ring (bicyclic) bond motifs is 1. The van der Waals surface area contributed by atoms with Crippen molar-refractivity contribution in [3.05, 3.63) is 81.4 Å². The van der Waals surface area contributed by atoms with Gasteiger partial charge in [-0.3, -0.25) is 24.6 Å². The molecular weight excluding hydrogens is 745 g/mol. The fraction of sp³-hybridized carbons (Fsp3) is 0.303. The molecule has 1 saturated heterocycles. The third-order valence-corrected chi connectivity index (χ3v) is 8.97. The zero-order chi connectivity index (χ0) is 40.5. The van der Waals surface area contributed by atoms with Crippen LogP contribution < -0.4 is 20.6 Å². The number of urea groups is 1. The van der Waals surface area contributed by atoms with Crippen molar-refractivity contribution < 1.29 is 76.7 Å². The summed E-state index contributed by atoms with van der Waals surface area (Å²) in [4.78, 5) is 66.3. The van der Waals surface area contributed by atoms with Crippen LogP contribution in [0, 0.1) is 30.2 Å². The number of hydrogen-bond acceptors (Lipinski definition) is 12.